The van der Waals surface area contributed by atoms with E-state index in [1.807, 2.05) is 62.4 Å². The van der Waals surface area contributed by atoms with E-state index in [9.17, 15) is 14.4 Å². The van der Waals surface area contributed by atoms with Crippen molar-refractivity contribution in [2.75, 3.05) is 23.9 Å². The molecule has 0 aliphatic heterocycles. The van der Waals surface area contributed by atoms with Gasteiger partial charge >= 0.3 is 7.60 Å². The van der Waals surface area contributed by atoms with Crippen LogP contribution in [-0.4, -0.2) is 54.5 Å². The molecule has 3 rings (SSSR count). The Labute approximate surface area is 214 Å². The summed E-state index contributed by atoms with van der Waals surface area (Å²) in [6.07, 6.45) is 1.71. The van der Waals surface area contributed by atoms with E-state index in [1.165, 1.54) is 0 Å². The van der Waals surface area contributed by atoms with E-state index < -0.39 is 21.6 Å². The number of nitrogens with one attached hydrogen (secondary N) is 1. The number of aromatic nitrogens is 4. The molecule has 0 saturated carbocycles. The topological polar surface area (TPSA) is 158 Å². The lowest BCUT2D eigenvalue weighted by atomic mass is 10.1. The first-order valence-corrected chi connectivity index (χ1v) is 14.3. The zero-order valence-electron chi connectivity index (χ0n) is 20.4. The maximum atomic E-state index is 11.8. The largest absolute Gasteiger partial charge is 0.603 e. The molecule has 3 aromatic rings. The van der Waals surface area contributed by atoms with Crippen LogP contribution in [0.25, 0.3) is 11.2 Å². The maximum Gasteiger partial charge on any atom is 0.422 e. The fourth-order valence-electron chi connectivity index (χ4n) is 3.27. The number of benzene rings is 1. The lowest BCUT2D eigenvalue weighted by Gasteiger charge is -2.24. The summed E-state index contributed by atoms with van der Waals surface area (Å²) >= 11 is 6.20. The zero-order chi connectivity index (χ0) is 26.6. The van der Waals surface area contributed by atoms with E-state index in [0.29, 0.717) is 27.5 Å². The third-order valence-corrected chi connectivity index (χ3v) is 7.76. The van der Waals surface area contributed by atoms with Crippen molar-refractivity contribution in [3.8, 4) is 0 Å². The van der Waals surface area contributed by atoms with Gasteiger partial charge in [0.2, 0.25) is 19.5 Å². The SMILES string of the molecule is CC(C)C(COOP(=O)(O)/C=[P+](/[O-])O)Nc1nc(N(C)c2cccc(Cl)c2)c2ncn(C(C)C)c2n1. The van der Waals surface area contributed by atoms with E-state index in [1.54, 1.807) is 12.4 Å². The van der Waals surface area contributed by atoms with E-state index in [2.05, 4.69) is 20.0 Å². The van der Waals surface area contributed by atoms with E-state index in [4.69, 9.17) is 26.4 Å². The number of anilines is 3. The summed E-state index contributed by atoms with van der Waals surface area (Å²) in [6, 6.07) is 6.99. The number of halogens is 1. The van der Waals surface area contributed by atoms with Gasteiger partial charge in [0, 0.05) is 23.8 Å². The summed E-state index contributed by atoms with van der Waals surface area (Å²) < 4.78 is 18.2. The van der Waals surface area contributed by atoms with Gasteiger partial charge in [-0.2, -0.15) is 14.9 Å². The van der Waals surface area contributed by atoms with Crippen molar-refractivity contribution >= 4 is 61.4 Å². The van der Waals surface area contributed by atoms with Gasteiger partial charge in [0.15, 0.2) is 17.0 Å². The lowest BCUT2D eigenvalue weighted by molar-refractivity contribution is -0.214. The molecule has 3 unspecified atom stereocenters. The van der Waals surface area contributed by atoms with Crippen molar-refractivity contribution < 1.29 is 28.8 Å². The molecular formula is C21H29ClN6O6P2. The fourth-order valence-corrected chi connectivity index (χ4v) is 4.82. The Bertz CT molecular complexity index is 1280. The first-order valence-electron chi connectivity index (χ1n) is 11.0. The fraction of sp³-hybridized carbons (Fsp3) is 0.429. The van der Waals surface area contributed by atoms with E-state index >= 15 is 0 Å². The highest BCUT2D eigenvalue weighted by molar-refractivity contribution is 7.80. The molecule has 0 spiro atoms. The molecule has 0 aliphatic carbocycles. The molecule has 0 fully saturated rings. The van der Waals surface area contributed by atoms with Crippen molar-refractivity contribution in [1.29, 1.82) is 0 Å². The van der Waals surface area contributed by atoms with Crippen LogP contribution < -0.4 is 15.1 Å². The average Bonchev–Trinajstić information content (AvgIpc) is 3.20. The molecule has 0 saturated heterocycles. The number of fused-ring (bicyclic) bond motifs is 1. The van der Waals surface area contributed by atoms with Crippen molar-refractivity contribution in [2.24, 2.45) is 5.92 Å². The Hall–Kier alpha value is -2.14. The molecule has 2 aromatic heterocycles. The predicted molar refractivity (Wildman–Crippen MR) is 140 cm³/mol. The van der Waals surface area contributed by atoms with Gasteiger partial charge in [-0.05, 0) is 38.0 Å². The van der Waals surface area contributed by atoms with Crippen LogP contribution in [0.3, 0.4) is 0 Å². The van der Waals surface area contributed by atoms with Gasteiger partial charge in [0.05, 0.1) is 12.4 Å². The molecule has 36 heavy (non-hydrogen) atoms. The maximum absolute atomic E-state index is 11.8. The van der Waals surface area contributed by atoms with Crippen LogP contribution in [0.15, 0.2) is 30.6 Å². The molecule has 0 bridgehead atoms. The molecule has 15 heteroatoms. The normalized spacial score (nSPS) is 14.9. The van der Waals surface area contributed by atoms with E-state index in [-0.39, 0.29) is 24.5 Å². The van der Waals surface area contributed by atoms with Gasteiger partial charge in [-0.1, -0.05) is 31.5 Å². The quantitative estimate of drug-likeness (QED) is 0.178. The predicted octanol–water partition coefficient (Wildman–Crippen LogP) is 3.82. The third kappa shape index (κ3) is 7.21. The zero-order valence-corrected chi connectivity index (χ0v) is 23.0. The molecule has 0 aliphatic rings. The molecule has 0 amide bonds. The number of imidazole rings is 1. The standard InChI is InChI=1S/C21H29ClN6O6P2/c1-13(2)17(10-33-34-36(31,32)12-35(29)30)24-21-25-19(27(5)16-8-6-7-15(22)9-16)18-20(26-21)28(11-23-18)14(3)4/h6-9,11-14,17H,10H2,1-5H3,(H,29,30)(H,31,32)(H,24,25,26). The summed E-state index contributed by atoms with van der Waals surface area (Å²) in [6.45, 7) is 7.69. The Balaban J connectivity index is 1.94. The van der Waals surface area contributed by atoms with E-state index in [0.717, 1.165) is 5.69 Å². The van der Waals surface area contributed by atoms with Crippen molar-refractivity contribution in [3.63, 3.8) is 0 Å². The van der Waals surface area contributed by atoms with Crippen molar-refractivity contribution in [1.82, 2.24) is 19.5 Å². The Morgan fingerprint density at radius 2 is 2.06 bits per heavy atom. The molecule has 12 nitrogen and oxygen atoms in total. The van der Waals surface area contributed by atoms with Crippen LogP contribution in [0.1, 0.15) is 33.7 Å². The van der Waals surface area contributed by atoms with Crippen LogP contribution in [0.2, 0.25) is 5.02 Å². The Morgan fingerprint density at radius 3 is 2.67 bits per heavy atom. The molecule has 3 atom stereocenters. The number of hydrogen-bond acceptors (Lipinski definition) is 10. The van der Waals surface area contributed by atoms with Gasteiger partial charge in [0.1, 0.15) is 6.61 Å². The van der Waals surface area contributed by atoms with Gasteiger partial charge in [0.25, 0.3) is 0 Å². The average molecular weight is 559 g/mol. The second-order valence-electron chi connectivity index (χ2n) is 8.66. The highest BCUT2D eigenvalue weighted by Crippen LogP contribution is 2.41. The molecule has 3 N–H and O–H groups in total. The first kappa shape index (κ1) is 28.4. The summed E-state index contributed by atoms with van der Waals surface area (Å²) in [5.41, 5.74) is 2.32. The second kappa shape index (κ2) is 11.9. The highest BCUT2D eigenvalue weighted by Gasteiger charge is 2.25. The van der Waals surface area contributed by atoms with Crippen LogP contribution in [0.4, 0.5) is 17.5 Å². The third-order valence-electron chi connectivity index (χ3n) is 5.24. The summed E-state index contributed by atoms with van der Waals surface area (Å²) in [5.74, 6) is 0.798. The van der Waals surface area contributed by atoms with Gasteiger partial charge in [-0.15, -0.1) is 4.67 Å². The minimum atomic E-state index is -4.49. The molecule has 1 aromatic carbocycles. The van der Waals surface area contributed by atoms with Gasteiger partial charge in [-0.3, -0.25) is 0 Å². The Kier molecular flexibility index (Phi) is 9.43. The number of nitrogens with zero attached hydrogens (tertiary/aromatic N) is 5. The van der Waals surface area contributed by atoms with Crippen LogP contribution in [-0.2, 0) is 14.1 Å². The molecule has 196 valence electrons. The number of hydrogen-bond donors (Lipinski definition) is 3. The first-order chi connectivity index (χ1) is 16.9. The second-order valence-corrected chi connectivity index (χ2v) is 11.9. The van der Waals surface area contributed by atoms with Crippen molar-refractivity contribution in [3.05, 3.63) is 35.6 Å². The van der Waals surface area contributed by atoms with Crippen LogP contribution >= 0.6 is 27.2 Å². The minimum absolute atomic E-state index is 0.0338. The van der Waals surface area contributed by atoms with Gasteiger partial charge in [-0.25, -0.2) is 14.4 Å². The summed E-state index contributed by atoms with van der Waals surface area (Å²) in [7, 11) is -5.61. The van der Waals surface area contributed by atoms with Gasteiger partial charge < -0.3 is 24.6 Å². The van der Waals surface area contributed by atoms with Crippen molar-refractivity contribution in [2.45, 2.75) is 39.8 Å². The minimum Gasteiger partial charge on any atom is -0.603 e. The summed E-state index contributed by atoms with van der Waals surface area (Å²) in [4.78, 5) is 49.9. The lowest BCUT2D eigenvalue weighted by Crippen LogP contribution is -2.32. The Morgan fingerprint density at radius 1 is 1.33 bits per heavy atom. The van der Waals surface area contributed by atoms with Crippen LogP contribution in [0, 0.1) is 5.92 Å². The number of rotatable bonds is 11. The highest BCUT2D eigenvalue weighted by atomic mass is 35.5. The molecular weight excluding hydrogens is 530 g/mol. The van der Waals surface area contributed by atoms with Crippen LogP contribution in [0.5, 0.6) is 0 Å². The molecule has 2 heterocycles. The smallest absolute Gasteiger partial charge is 0.422 e. The molecule has 0 radical (unpaired) electrons. The monoisotopic (exact) mass is 558 g/mol. The summed E-state index contributed by atoms with van der Waals surface area (Å²) in [5, 5.41) is 3.78.